The molecular weight excluding hydrogens is 459 g/mol. The third kappa shape index (κ3) is 7.29. The van der Waals surface area contributed by atoms with E-state index in [1.165, 1.54) is 6.26 Å². The van der Waals surface area contributed by atoms with Gasteiger partial charge in [0.1, 0.15) is 0 Å². The maximum absolute atomic E-state index is 13.0. The predicted octanol–water partition coefficient (Wildman–Crippen LogP) is 2.56. The zero-order chi connectivity index (χ0) is 21.2. The molecule has 3 rings (SSSR count). The van der Waals surface area contributed by atoms with Crippen LogP contribution >= 0.6 is 24.8 Å². The number of likely N-dealkylation sites (N-methyl/N-ethyl adjacent to an activating group) is 1. The van der Waals surface area contributed by atoms with Crippen molar-refractivity contribution in [2.75, 3.05) is 39.5 Å². The van der Waals surface area contributed by atoms with E-state index in [1.54, 1.807) is 28.9 Å². The normalized spacial score (nSPS) is 15.4. The quantitative estimate of drug-likeness (QED) is 0.619. The summed E-state index contributed by atoms with van der Waals surface area (Å²) in [6.45, 7) is 9.10. The van der Waals surface area contributed by atoms with E-state index in [9.17, 15) is 13.2 Å². The molecule has 0 spiro atoms. The molecule has 2 heterocycles. The van der Waals surface area contributed by atoms with E-state index < -0.39 is 9.84 Å². The minimum Gasteiger partial charge on any atom is -0.304 e. The van der Waals surface area contributed by atoms with Crippen LogP contribution in [0.15, 0.2) is 40.0 Å². The number of benzene rings is 1. The van der Waals surface area contributed by atoms with Crippen molar-refractivity contribution in [2.45, 2.75) is 31.8 Å². The lowest BCUT2D eigenvalue weighted by molar-refractivity contribution is 0.147. The summed E-state index contributed by atoms with van der Waals surface area (Å²) in [6.07, 6.45) is 1.19. The monoisotopic (exact) mass is 490 g/mol. The van der Waals surface area contributed by atoms with Crippen LogP contribution in [0.3, 0.4) is 0 Å². The second kappa shape index (κ2) is 11.4. The van der Waals surface area contributed by atoms with Gasteiger partial charge in [0, 0.05) is 56.7 Å². The van der Waals surface area contributed by atoms with Crippen molar-refractivity contribution in [3.8, 4) is 11.3 Å². The van der Waals surface area contributed by atoms with Crippen LogP contribution in [0, 0.1) is 5.92 Å². The molecule has 0 bridgehead atoms. The fourth-order valence-electron chi connectivity index (χ4n) is 3.44. The Morgan fingerprint density at radius 3 is 2.13 bits per heavy atom. The topological polar surface area (TPSA) is 75.5 Å². The van der Waals surface area contributed by atoms with E-state index in [4.69, 9.17) is 0 Å². The Hall–Kier alpha value is -1.45. The number of sulfone groups is 1. The molecule has 1 aliphatic rings. The molecule has 0 saturated carbocycles. The van der Waals surface area contributed by atoms with Gasteiger partial charge in [0.15, 0.2) is 9.84 Å². The first-order valence-corrected chi connectivity index (χ1v) is 11.8. The first-order chi connectivity index (χ1) is 13.6. The van der Waals surface area contributed by atoms with Crippen molar-refractivity contribution in [1.29, 1.82) is 0 Å². The Kier molecular flexibility index (Phi) is 10.2. The van der Waals surface area contributed by atoms with Gasteiger partial charge in [0.25, 0.3) is 5.56 Å². The fourth-order valence-corrected chi connectivity index (χ4v) is 4.07. The number of hydrogen-bond donors (Lipinski definition) is 0. The second-order valence-corrected chi connectivity index (χ2v) is 10.3. The maximum Gasteiger partial charge on any atom is 0.271 e. The molecule has 1 aromatic carbocycles. The molecule has 1 aromatic heterocycles. The van der Waals surface area contributed by atoms with Crippen LogP contribution in [-0.4, -0.2) is 67.5 Å². The number of nitrogens with zero attached hydrogens (tertiary/aromatic N) is 4. The molecule has 10 heteroatoms. The SMILES string of the molecule is CC(C)Cn1nc(-c2ccc(S(C)(=O)=O)cc2)cc(CN2CCN(C)CC2)c1=O.Cl.Cl. The van der Waals surface area contributed by atoms with Crippen LogP contribution in [0.5, 0.6) is 0 Å². The van der Waals surface area contributed by atoms with Gasteiger partial charge in [-0.05, 0) is 31.2 Å². The molecule has 31 heavy (non-hydrogen) atoms. The Morgan fingerprint density at radius 1 is 1.03 bits per heavy atom. The average molecular weight is 491 g/mol. The highest BCUT2D eigenvalue weighted by Gasteiger charge is 2.18. The van der Waals surface area contributed by atoms with Crippen molar-refractivity contribution in [2.24, 2.45) is 5.92 Å². The Balaban J connectivity index is 0.00000240. The summed E-state index contributed by atoms with van der Waals surface area (Å²) in [6, 6.07) is 8.53. The van der Waals surface area contributed by atoms with Crippen LogP contribution in [0.25, 0.3) is 11.3 Å². The molecule has 1 fully saturated rings. The molecular formula is C21H32Cl2N4O3S. The largest absolute Gasteiger partial charge is 0.304 e. The van der Waals surface area contributed by atoms with Gasteiger partial charge in [-0.25, -0.2) is 13.1 Å². The van der Waals surface area contributed by atoms with Gasteiger partial charge in [-0.3, -0.25) is 9.69 Å². The van der Waals surface area contributed by atoms with Crippen molar-refractivity contribution in [3.05, 3.63) is 46.2 Å². The minimum atomic E-state index is -3.25. The average Bonchev–Trinajstić information content (AvgIpc) is 2.65. The summed E-state index contributed by atoms with van der Waals surface area (Å²) in [4.78, 5) is 17.9. The summed E-state index contributed by atoms with van der Waals surface area (Å²) in [5, 5.41) is 4.57. The van der Waals surface area contributed by atoms with Gasteiger partial charge in [-0.2, -0.15) is 5.10 Å². The Bertz CT molecular complexity index is 1020. The van der Waals surface area contributed by atoms with E-state index in [-0.39, 0.29) is 35.3 Å². The third-order valence-corrected chi connectivity index (χ3v) is 6.28. The first-order valence-electron chi connectivity index (χ1n) is 9.96. The van der Waals surface area contributed by atoms with E-state index in [0.29, 0.717) is 24.7 Å². The van der Waals surface area contributed by atoms with E-state index >= 15 is 0 Å². The molecule has 0 unspecified atom stereocenters. The third-order valence-electron chi connectivity index (χ3n) is 5.15. The van der Waals surface area contributed by atoms with Gasteiger partial charge in [0.05, 0.1) is 10.6 Å². The van der Waals surface area contributed by atoms with Gasteiger partial charge >= 0.3 is 0 Å². The van der Waals surface area contributed by atoms with Crippen LogP contribution in [0.1, 0.15) is 19.4 Å². The highest BCUT2D eigenvalue weighted by atomic mass is 35.5. The molecule has 0 amide bonds. The fraction of sp³-hybridized carbons (Fsp3) is 0.524. The molecule has 2 aromatic rings. The number of rotatable bonds is 6. The zero-order valence-corrected chi connectivity index (χ0v) is 20.9. The van der Waals surface area contributed by atoms with Crippen molar-refractivity contribution < 1.29 is 8.42 Å². The van der Waals surface area contributed by atoms with Gasteiger partial charge in [0.2, 0.25) is 0 Å². The summed E-state index contributed by atoms with van der Waals surface area (Å²) in [7, 11) is -1.14. The second-order valence-electron chi connectivity index (χ2n) is 8.31. The smallest absolute Gasteiger partial charge is 0.271 e. The number of piperazine rings is 1. The molecule has 7 nitrogen and oxygen atoms in total. The van der Waals surface area contributed by atoms with Crippen LogP contribution in [0.4, 0.5) is 0 Å². The Labute approximate surface area is 197 Å². The van der Waals surface area contributed by atoms with Gasteiger partial charge in [-0.1, -0.05) is 26.0 Å². The van der Waals surface area contributed by atoms with Gasteiger partial charge < -0.3 is 4.90 Å². The highest BCUT2D eigenvalue weighted by Crippen LogP contribution is 2.20. The molecule has 0 radical (unpaired) electrons. The van der Waals surface area contributed by atoms with Crippen LogP contribution in [-0.2, 0) is 22.9 Å². The molecule has 0 atom stereocenters. The van der Waals surface area contributed by atoms with E-state index in [0.717, 1.165) is 37.3 Å². The Morgan fingerprint density at radius 2 is 1.61 bits per heavy atom. The van der Waals surface area contributed by atoms with Crippen LogP contribution < -0.4 is 5.56 Å². The number of aromatic nitrogens is 2. The predicted molar refractivity (Wildman–Crippen MR) is 129 cm³/mol. The summed E-state index contributed by atoms with van der Waals surface area (Å²) < 4.78 is 25.0. The summed E-state index contributed by atoms with van der Waals surface area (Å²) in [5.74, 6) is 0.291. The molecule has 174 valence electrons. The molecule has 1 saturated heterocycles. The lowest BCUT2D eigenvalue weighted by Gasteiger charge is -2.32. The van der Waals surface area contributed by atoms with E-state index in [2.05, 4.69) is 35.8 Å². The molecule has 1 aliphatic heterocycles. The lowest BCUT2D eigenvalue weighted by atomic mass is 10.1. The van der Waals surface area contributed by atoms with Crippen molar-refractivity contribution >= 4 is 34.7 Å². The molecule has 0 N–H and O–H groups in total. The number of halogens is 2. The summed E-state index contributed by atoms with van der Waals surface area (Å²) >= 11 is 0. The van der Waals surface area contributed by atoms with Gasteiger partial charge in [-0.15, -0.1) is 24.8 Å². The molecule has 0 aliphatic carbocycles. The van der Waals surface area contributed by atoms with Crippen molar-refractivity contribution in [1.82, 2.24) is 19.6 Å². The van der Waals surface area contributed by atoms with E-state index in [1.807, 2.05) is 6.07 Å². The highest BCUT2D eigenvalue weighted by molar-refractivity contribution is 7.90. The maximum atomic E-state index is 13.0. The minimum absolute atomic E-state index is 0. The summed E-state index contributed by atoms with van der Waals surface area (Å²) in [5.41, 5.74) is 2.17. The van der Waals surface area contributed by atoms with Crippen molar-refractivity contribution in [3.63, 3.8) is 0 Å². The number of hydrogen-bond acceptors (Lipinski definition) is 6. The first kappa shape index (κ1) is 27.6. The van der Waals surface area contributed by atoms with Crippen LogP contribution in [0.2, 0.25) is 0 Å². The lowest BCUT2D eigenvalue weighted by Crippen LogP contribution is -2.45. The standard InChI is InChI=1S/C21H30N4O3S.2ClH/c1-16(2)14-25-21(26)18(15-24-11-9-23(3)10-12-24)13-20(22-25)17-5-7-19(8-6-17)29(4,27)28;;/h5-8,13,16H,9-12,14-15H2,1-4H3;2*1H. The zero-order valence-electron chi connectivity index (χ0n) is 18.4.